The second kappa shape index (κ2) is 13.7. The van der Waals surface area contributed by atoms with E-state index in [9.17, 15) is 0 Å². The molecule has 0 atom stereocenters. The Labute approximate surface area is 315 Å². The van der Waals surface area contributed by atoms with Crippen LogP contribution in [0.3, 0.4) is 0 Å². The fourth-order valence-electron chi connectivity index (χ4n) is 7.73. The molecule has 4 aromatic carbocycles. The van der Waals surface area contributed by atoms with Gasteiger partial charge in [-0.1, -0.05) is 91.8 Å². The predicted octanol–water partition coefficient (Wildman–Crippen LogP) is 12.9. The van der Waals surface area contributed by atoms with Gasteiger partial charge in [-0.2, -0.15) is 5.10 Å². The Hall–Kier alpha value is -5.16. The van der Waals surface area contributed by atoms with Crippen molar-refractivity contribution in [2.45, 2.75) is 99.8 Å². The minimum Gasteiger partial charge on any atom is -0.457 e. The van der Waals surface area contributed by atoms with Gasteiger partial charge in [0.1, 0.15) is 17.3 Å². The van der Waals surface area contributed by atoms with Crippen LogP contribution in [0.1, 0.15) is 95.5 Å². The lowest BCUT2D eigenvalue weighted by atomic mass is 9.79. The van der Waals surface area contributed by atoms with E-state index < -0.39 is 0 Å². The molecule has 7 rings (SSSR count). The van der Waals surface area contributed by atoms with Crippen molar-refractivity contribution < 1.29 is 4.74 Å². The standard InChI is InChI=1S/C48H54N4O/c1-30(2)19-20-34-26-35(52-46(48(9,10)11)44(45(50-52)47(6,7)8)43-32(4)15-14-16-33(43)5)28-37(27-34)53-36-21-22-39-38-17-12-13-18-40(38)51(41(39)29-36)42-25-31(3)23-24-49-42/h12-18,21-30H,19-20H2,1-11H3. The first-order valence-corrected chi connectivity index (χ1v) is 19.1. The number of aromatic nitrogens is 4. The molecule has 0 bridgehead atoms. The zero-order chi connectivity index (χ0) is 37.8. The highest BCUT2D eigenvalue weighted by Gasteiger charge is 2.34. The van der Waals surface area contributed by atoms with Gasteiger partial charge in [-0.25, -0.2) is 9.67 Å². The van der Waals surface area contributed by atoms with Crippen molar-refractivity contribution in [3.63, 3.8) is 0 Å². The van der Waals surface area contributed by atoms with Crippen LogP contribution in [-0.2, 0) is 17.3 Å². The number of hydrogen-bond donors (Lipinski definition) is 0. The van der Waals surface area contributed by atoms with Gasteiger partial charge in [-0.15, -0.1) is 0 Å². The highest BCUT2D eigenvalue weighted by Crippen LogP contribution is 2.44. The molecule has 3 heterocycles. The summed E-state index contributed by atoms with van der Waals surface area (Å²) in [5.74, 6) is 3.07. The Morgan fingerprint density at radius 2 is 1.40 bits per heavy atom. The second-order valence-corrected chi connectivity index (χ2v) is 17.3. The number of rotatable bonds is 8. The Kier molecular flexibility index (Phi) is 9.34. The van der Waals surface area contributed by atoms with Gasteiger partial charge < -0.3 is 4.74 Å². The summed E-state index contributed by atoms with van der Waals surface area (Å²) in [5.41, 5.74) is 12.6. The lowest BCUT2D eigenvalue weighted by molar-refractivity contribution is 0.480. The maximum atomic E-state index is 6.88. The lowest BCUT2D eigenvalue weighted by Gasteiger charge is -2.26. The van der Waals surface area contributed by atoms with Crippen molar-refractivity contribution in [1.82, 2.24) is 19.3 Å². The summed E-state index contributed by atoms with van der Waals surface area (Å²) >= 11 is 0. The van der Waals surface area contributed by atoms with E-state index in [4.69, 9.17) is 14.8 Å². The topological polar surface area (TPSA) is 44.9 Å². The van der Waals surface area contributed by atoms with Gasteiger partial charge in [0.15, 0.2) is 0 Å². The van der Waals surface area contributed by atoms with E-state index in [1.54, 1.807) is 0 Å². The third-order valence-corrected chi connectivity index (χ3v) is 10.3. The summed E-state index contributed by atoms with van der Waals surface area (Å²) in [6, 6.07) is 32.5. The van der Waals surface area contributed by atoms with Crippen LogP contribution in [0.25, 0.3) is 44.4 Å². The molecule has 0 radical (unpaired) electrons. The number of pyridine rings is 1. The summed E-state index contributed by atoms with van der Waals surface area (Å²) in [6.07, 6.45) is 3.93. The Bertz CT molecular complexity index is 2440. The molecule has 5 heteroatoms. The first-order chi connectivity index (χ1) is 25.1. The van der Waals surface area contributed by atoms with E-state index in [1.807, 2.05) is 12.3 Å². The third kappa shape index (κ3) is 7.02. The van der Waals surface area contributed by atoms with Crippen molar-refractivity contribution in [2.75, 3.05) is 0 Å². The molecule has 272 valence electrons. The minimum absolute atomic E-state index is 0.177. The van der Waals surface area contributed by atoms with Crippen LogP contribution in [0.2, 0.25) is 0 Å². The average molecular weight is 703 g/mol. The van der Waals surface area contributed by atoms with Crippen molar-refractivity contribution in [1.29, 1.82) is 0 Å². The Morgan fingerprint density at radius 3 is 2.08 bits per heavy atom. The number of para-hydroxylation sites is 1. The van der Waals surface area contributed by atoms with Gasteiger partial charge in [0.25, 0.3) is 0 Å². The second-order valence-electron chi connectivity index (χ2n) is 17.3. The Morgan fingerprint density at radius 1 is 0.679 bits per heavy atom. The molecule has 3 aromatic heterocycles. The molecule has 0 saturated carbocycles. The number of ether oxygens (including phenoxy) is 1. The minimum atomic E-state index is -0.197. The molecule has 7 aromatic rings. The monoisotopic (exact) mass is 702 g/mol. The first-order valence-electron chi connectivity index (χ1n) is 19.1. The molecule has 0 aliphatic carbocycles. The van der Waals surface area contributed by atoms with Crippen molar-refractivity contribution in [3.8, 4) is 34.1 Å². The largest absolute Gasteiger partial charge is 0.457 e. The summed E-state index contributed by atoms with van der Waals surface area (Å²) < 4.78 is 11.4. The van der Waals surface area contributed by atoms with Crippen LogP contribution in [0.15, 0.2) is 97.2 Å². The first kappa shape index (κ1) is 36.2. The molecule has 5 nitrogen and oxygen atoms in total. The fraction of sp³-hybridized carbons (Fsp3) is 0.333. The molecule has 0 unspecified atom stereocenters. The van der Waals surface area contributed by atoms with Crippen LogP contribution in [0.5, 0.6) is 11.5 Å². The van der Waals surface area contributed by atoms with E-state index in [0.29, 0.717) is 5.92 Å². The van der Waals surface area contributed by atoms with E-state index in [2.05, 4.69) is 170 Å². The smallest absolute Gasteiger partial charge is 0.137 e. The van der Waals surface area contributed by atoms with Gasteiger partial charge in [-0.05, 0) is 110 Å². The summed E-state index contributed by atoms with van der Waals surface area (Å²) in [6.45, 7) is 24.9. The van der Waals surface area contributed by atoms with Gasteiger partial charge in [0.05, 0.1) is 28.1 Å². The lowest BCUT2D eigenvalue weighted by Crippen LogP contribution is -2.19. The van der Waals surface area contributed by atoms with Gasteiger partial charge in [-0.3, -0.25) is 4.57 Å². The number of aryl methyl sites for hydroxylation is 4. The third-order valence-electron chi connectivity index (χ3n) is 10.3. The van der Waals surface area contributed by atoms with Crippen LogP contribution in [0.4, 0.5) is 0 Å². The van der Waals surface area contributed by atoms with E-state index in [1.165, 1.54) is 49.8 Å². The molecule has 53 heavy (non-hydrogen) atoms. The molecule has 0 N–H and O–H groups in total. The van der Waals surface area contributed by atoms with Crippen LogP contribution in [-0.4, -0.2) is 19.3 Å². The fourth-order valence-corrected chi connectivity index (χ4v) is 7.73. The average Bonchev–Trinajstić information content (AvgIpc) is 3.65. The SMILES string of the molecule is Cc1ccnc(-n2c3ccccc3c3ccc(Oc4cc(CCC(C)C)cc(-n5nc(C(C)(C)C)c(-c6c(C)cccc6C)c5C(C)(C)C)c4)cc32)c1. The zero-order valence-electron chi connectivity index (χ0n) is 33.4. The van der Waals surface area contributed by atoms with Gasteiger partial charge in [0.2, 0.25) is 0 Å². The van der Waals surface area contributed by atoms with Crippen LogP contribution < -0.4 is 4.74 Å². The predicted molar refractivity (Wildman–Crippen MR) is 222 cm³/mol. The number of hydrogen-bond acceptors (Lipinski definition) is 3. The summed E-state index contributed by atoms with van der Waals surface area (Å²) in [7, 11) is 0. The molecular formula is C48H54N4O. The molecule has 0 aliphatic heterocycles. The number of nitrogens with zero attached hydrogens (tertiary/aromatic N) is 4. The summed E-state index contributed by atoms with van der Waals surface area (Å²) in [5, 5.41) is 7.89. The number of benzene rings is 4. The molecule has 0 spiro atoms. The zero-order valence-corrected chi connectivity index (χ0v) is 33.4. The summed E-state index contributed by atoms with van der Waals surface area (Å²) in [4.78, 5) is 4.79. The molecular weight excluding hydrogens is 649 g/mol. The quantitative estimate of drug-likeness (QED) is 0.158. The van der Waals surface area contributed by atoms with E-state index >= 15 is 0 Å². The van der Waals surface area contributed by atoms with E-state index in [0.717, 1.165) is 52.6 Å². The molecule has 0 amide bonds. The maximum Gasteiger partial charge on any atom is 0.137 e. The van der Waals surface area contributed by atoms with Crippen molar-refractivity contribution in [3.05, 3.63) is 131 Å². The highest BCUT2D eigenvalue weighted by atomic mass is 16.5. The Balaban J connectivity index is 1.42. The maximum absolute atomic E-state index is 6.88. The molecule has 0 fully saturated rings. The van der Waals surface area contributed by atoms with Crippen molar-refractivity contribution >= 4 is 21.8 Å². The van der Waals surface area contributed by atoms with Crippen molar-refractivity contribution in [2.24, 2.45) is 5.92 Å². The molecule has 0 saturated heterocycles. The normalized spacial score (nSPS) is 12.4. The number of fused-ring (bicyclic) bond motifs is 3. The highest BCUT2D eigenvalue weighted by molar-refractivity contribution is 6.09. The van der Waals surface area contributed by atoms with E-state index in [-0.39, 0.29) is 10.8 Å². The van der Waals surface area contributed by atoms with Crippen LogP contribution >= 0.6 is 0 Å². The molecule has 0 aliphatic rings. The van der Waals surface area contributed by atoms with Crippen LogP contribution in [0, 0.1) is 26.7 Å². The van der Waals surface area contributed by atoms with Gasteiger partial charge >= 0.3 is 0 Å². The van der Waals surface area contributed by atoms with Gasteiger partial charge in [0, 0.05) is 45.5 Å².